The maximum atomic E-state index is 12.7. The number of ether oxygens (including phenoxy) is 1. The van der Waals surface area contributed by atoms with E-state index >= 15 is 0 Å². The summed E-state index contributed by atoms with van der Waals surface area (Å²) >= 11 is 1.43. The molecule has 0 aliphatic heterocycles. The van der Waals surface area contributed by atoms with Crippen LogP contribution in [0.1, 0.15) is 46.6 Å². The van der Waals surface area contributed by atoms with Gasteiger partial charge in [-0.15, -0.1) is 11.3 Å². The largest absolute Gasteiger partial charge is 0.457 e. The van der Waals surface area contributed by atoms with Gasteiger partial charge in [-0.1, -0.05) is 26.0 Å². The molecule has 0 fully saturated rings. The summed E-state index contributed by atoms with van der Waals surface area (Å²) in [5, 5.41) is 14.2. The van der Waals surface area contributed by atoms with E-state index in [0.717, 1.165) is 29.7 Å². The first-order valence-electron chi connectivity index (χ1n) is 8.72. The van der Waals surface area contributed by atoms with Crippen molar-refractivity contribution in [2.24, 2.45) is 5.92 Å². The summed E-state index contributed by atoms with van der Waals surface area (Å²) in [4.78, 5) is 36.3. The number of nitrogens with one attached hydrogen (secondary N) is 1. The number of benzene rings is 1. The monoisotopic (exact) mass is 388 g/mol. The zero-order valence-electron chi connectivity index (χ0n) is 15.1. The predicted molar refractivity (Wildman–Crippen MR) is 102 cm³/mol. The fraction of sp³-hybridized carbons (Fsp3) is 0.368. The van der Waals surface area contributed by atoms with Crippen molar-refractivity contribution in [1.29, 1.82) is 0 Å². The van der Waals surface area contributed by atoms with Crippen molar-refractivity contribution in [3.05, 3.63) is 55.9 Å². The summed E-state index contributed by atoms with van der Waals surface area (Å²) in [6.07, 6.45) is 2.65. The average Bonchev–Trinajstić information content (AvgIpc) is 3.20. The molecule has 1 aromatic carbocycles. The number of thiophene rings is 1. The predicted octanol–water partition coefficient (Wildman–Crippen LogP) is 4.10. The van der Waals surface area contributed by atoms with Gasteiger partial charge in [-0.25, -0.2) is 4.79 Å². The second-order valence-corrected chi connectivity index (χ2v) is 7.81. The topological polar surface area (TPSA) is 98.5 Å². The fourth-order valence-corrected chi connectivity index (χ4v) is 4.23. The Hall–Kier alpha value is -2.74. The Morgan fingerprint density at radius 3 is 2.81 bits per heavy atom. The number of hydrogen-bond donors (Lipinski definition) is 1. The van der Waals surface area contributed by atoms with E-state index in [9.17, 15) is 19.7 Å². The van der Waals surface area contributed by atoms with Crippen LogP contribution in [0.4, 0.5) is 10.7 Å². The summed E-state index contributed by atoms with van der Waals surface area (Å²) in [5.74, 6) is -0.863. The number of nitro groups is 1. The molecule has 0 bridgehead atoms. The highest BCUT2D eigenvalue weighted by molar-refractivity contribution is 7.17. The number of rotatable bonds is 6. The van der Waals surface area contributed by atoms with Gasteiger partial charge < -0.3 is 10.1 Å². The van der Waals surface area contributed by atoms with Crippen molar-refractivity contribution in [1.82, 2.24) is 0 Å². The van der Waals surface area contributed by atoms with Crippen LogP contribution in [0.15, 0.2) is 24.3 Å². The van der Waals surface area contributed by atoms with Crippen molar-refractivity contribution in [3.63, 3.8) is 0 Å². The normalized spacial score (nSPS) is 12.7. The molecule has 1 aromatic heterocycles. The van der Waals surface area contributed by atoms with Crippen molar-refractivity contribution in [3.8, 4) is 0 Å². The minimum absolute atomic E-state index is 0.0511. The Morgan fingerprint density at radius 1 is 1.33 bits per heavy atom. The van der Waals surface area contributed by atoms with Gasteiger partial charge in [0.2, 0.25) is 5.91 Å². The Labute approximate surface area is 160 Å². The second kappa shape index (κ2) is 7.87. The van der Waals surface area contributed by atoms with Crippen LogP contribution in [0.3, 0.4) is 0 Å². The van der Waals surface area contributed by atoms with Crippen LogP contribution in [0.5, 0.6) is 0 Å². The van der Waals surface area contributed by atoms with E-state index in [4.69, 9.17) is 4.74 Å². The Kier molecular flexibility index (Phi) is 5.55. The molecule has 0 radical (unpaired) electrons. The molecule has 27 heavy (non-hydrogen) atoms. The van der Waals surface area contributed by atoms with Gasteiger partial charge >= 0.3 is 5.97 Å². The Morgan fingerprint density at radius 2 is 2.11 bits per heavy atom. The Bertz CT molecular complexity index is 904. The first-order valence-corrected chi connectivity index (χ1v) is 9.54. The smallest absolute Gasteiger partial charge is 0.341 e. The maximum Gasteiger partial charge on any atom is 0.341 e. The first kappa shape index (κ1) is 19.0. The molecule has 0 spiro atoms. The molecule has 1 N–H and O–H groups in total. The first-order chi connectivity index (χ1) is 12.9. The highest BCUT2D eigenvalue weighted by Gasteiger charge is 2.28. The lowest BCUT2D eigenvalue weighted by Crippen LogP contribution is -2.19. The third kappa shape index (κ3) is 4.16. The van der Waals surface area contributed by atoms with E-state index in [2.05, 4.69) is 5.32 Å². The molecule has 2 aromatic rings. The van der Waals surface area contributed by atoms with Crippen LogP contribution in [0, 0.1) is 16.0 Å². The van der Waals surface area contributed by atoms with Gasteiger partial charge in [-0.2, -0.15) is 0 Å². The highest BCUT2D eigenvalue weighted by Crippen LogP contribution is 2.39. The number of anilines is 1. The maximum absolute atomic E-state index is 12.7. The van der Waals surface area contributed by atoms with Crippen LogP contribution in [0.2, 0.25) is 0 Å². The highest BCUT2D eigenvalue weighted by atomic mass is 32.1. The molecule has 0 unspecified atom stereocenters. The number of carbonyl (C=O) groups excluding carboxylic acids is 2. The number of nitro benzene ring substituents is 1. The summed E-state index contributed by atoms with van der Waals surface area (Å²) in [7, 11) is 0. The number of hydrogen-bond acceptors (Lipinski definition) is 6. The van der Waals surface area contributed by atoms with Crippen LogP contribution in [-0.4, -0.2) is 16.8 Å². The quantitative estimate of drug-likeness (QED) is 0.456. The summed E-state index contributed by atoms with van der Waals surface area (Å²) in [5.41, 5.74) is 1.86. The molecule has 1 heterocycles. The number of non-ortho nitro benzene ring substituents is 1. The molecule has 1 aliphatic rings. The minimum Gasteiger partial charge on any atom is -0.457 e. The van der Waals surface area contributed by atoms with Crippen molar-refractivity contribution < 1.29 is 19.2 Å². The second-order valence-electron chi connectivity index (χ2n) is 6.71. The van der Waals surface area contributed by atoms with Gasteiger partial charge in [-0.3, -0.25) is 14.9 Å². The minimum atomic E-state index is -0.514. The lowest BCUT2D eigenvalue weighted by atomic mass is 10.1. The zero-order valence-corrected chi connectivity index (χ0v) is 15.9. The van der Waals surface area contributed by atoms with Gasteiger partial charge in [0.1, 0.15) is 11.6 Å². The molecular weight excluding hydrogens is 368 g/mol. The summed E-state index contributed by atoms with van der Waals surface area (Å²) < 4.78 is 5.41. The molecule has 7 nitrogen and oxygen atoms in total. The molecule has 0 saturated heterocycles. The van der Waals surface area contributed by atoms with Crippen LogP contribution in [-0.2, 0) is 29.0 Å². The van der Waals surface area contributed by atoms with Gasteiger partial charge in [0.05, 0.1) is 10.5 Å². The van der Waals surface area contributed by atoms with Gasteiger partial charge in [0, 0.05) is 22.9 Å². The number of amides is 1. The molecule has 0 saturated carbocycles. The van der Waals surface area contributed by atoms with E-state index < -0.39 is 10.9 Å². The standard InChI is InChI=1S/C19H20N2O5S/c1-11(2)17(22)20-18-16(14-7-4-8-15(14)27-18)19(23)26-10-12-5-3-6-13(9-12)21(24)25/h3,5-6,9,11H,4,7-8,10H2,1-2H3,(H,20,22). The summed E-state index contributed by atoms with van der Waals surface area (Å²) in [6.45, 7) is 3.51. The van der Waals surface area contributed by atoms with Crippen molar-refractivity contribution in [2.45, 2.75) is 39.7 Å². The van der Waals surface area contributed by atoms with Crippen molar-refractivity contribution >= 4 is 33.9 Å². The van der Waals surface area contributed by atoms with E-state index in [1.165, 1.54) is 23.5 Å². The van der Waals surface area contributed by atoms with E-state index in [0.29, 0.717) is 16.1 Å². The van der Waals surface area contributed by atoms with E-state index in [-0.39, 0.29) is 24.1 Å². The van der Waals surface area contributed by atoms with Crippen LogP contribution in [0.25, 0.3) is 0 Å². The SMILES string of the molecule is CC(C)C(=O)Nc1sc2c(c1C(=O)OCc1cccc([N+](=O)[O-])c1)CCC2. The number of fused-ring (bicyclic) bond motifs is 1. The van der Waals surface area contributed by atoms with E-state index in [1.807, 2.05) is 0 Å². The molecule has 8 heteroatoms. The molecular formula is C19H20N2O5S. The number of aryl methyl sites for hydroxylation is 1. The lowest BCUT2D eigenvalue weighted by molar-refractivity contribution is -0.384. The number of carbonyl (C=O) groups is 2. The molecule has 0 atom stereocenters. The molecule has 142 valence electrons. The molecule has 1 aliphatic carbocycles. The zero-order chi connectivity index (χ0) is 19.6. The van der Waals surface area contributed by atoms with Crippen LogP contribution < -0.4 is 5.32 Å². The summed E-state index contributed by atoms with van der Waals surface area (Å²) in [6, 6.07) is 5.99. The lowest BCUT2D eigenvalue weighted by Gasteiger charge is -2.10. The van der Waals surface area contributed by atoms with Gasteiger partial charge in [-0.05, 0) is 30.4 Å². The molecule has 1 amide bonds. The third-order valence-electron chi connectivity index (χ3n) is 4.38. The van der Waals surface area contributed by atoms with E-state index in [1.54, 1.807) is 26.0 Å². The fourth-order valence-electron chi connectivity index (χ4n) is 2.95. The number of esters is 1. The third-order valence-corrected chi connectivity index (χ3v) is 5.59. The van der Waals surface area contributed by atoms with Gasteiger partial charge in [0.25, 0.3) is 5.69 Å². The Balaban J connectivity index is 1.79. The van der Waals surface area contributed by atoms with Gasteiger partial charge in [0.15, 0.2) is 0 Å². The van der Waals surface area contributed by atoms with Crippen LogP contribution >= 0.6 is 11.3 Å². The number of nitrogens with zero attached hydrogens (tertiary/aromatic N) is 1. The molecule has 3 rings (SSSR count). The van der Waals surface area contributed by atoms with Crippen molar-refractivity contribution in [2.75, 3.05) is 5.32 Å². The average molecular weight is 388 g/mol.